The number of ketones is 6. The van der Waals surface area contributed by atoms with Crippen LogP contribution < -0.4 is 82.3 Å². The minimum absolute atomic E-state index is 0.00705. The van der Waals surface area contributed by atoms with Crippen LogP contribution in [0.25, 0.3) is 0 Å². The number of aliphatic carboxylic acids is 1. The van der Waals surface area contributed by atoms with Gasteiger partial charge in [-0.1, -0.05) is 116 Å². The zero-order chi connectivity index (χ0) is 90.8. The average Bonchev–Trinajstić information content (AvgIpc) is 0.845. The molecule has 0 aliphatic carbocycles. The Morgan fingerprint density at radius 2 is 1.17 bits per heavy atom. The van der Waals surface area contributed by atoms with Crippen LogP contribution >= 0.6 is 0 Å². The molecular formula is C83H127N17O21. The molecule has 0 saturated heterocycles. The molecule has 2 aromatic rings. The van der Waals surface area contributed by atoms with Crippen LogP contribution in [-0.2, 0) is 94.3 Å². The number of nitrogens with zero attached hydrogens (tertiary/aromatic N) is 2. The summed E-state index contributed by atoms with van der Waals surface area (Å²) in [4.78, 5) is 246. The Morgan fingerprint density at radius 3 is 1.76 bits per heavy atom. The van der Waals surface area contributed by atoms with Crippen LogP contribution in [0.1, 0.15) is 176 Å². The van der Waals surface area contributed by atoms with Gasteiger partial charge in [0.15, 0.2) is 46.6 Å². The molecule has 0 fully saturated rings. The number of carboxylic acids is 1. The van der Waals surface area contributed by atoms with Crippen LogP contribution in [0.2, 0.25) is 0 Å². The van der Waals surface area contributed by atoms with E-state index >= 15 is 9.59 Å². The minimum atomic E-state index is -1.66. The van der Waals surface area contributed by atoms with Crippen molar-refractivity contribution >= 4 is 112 Å². The van der Waals surface area contributed by atoms with Crippen molar-refractivity contribution in [1.29, 1.82) is 0 Å². The smallest absolute Gasteiger partial charge is 0.326 e. The molecule has 0 radical (unpaired) electrons. The van der Waals surface area contributed by atoms with Crippen molar-refractivity contribution in [2.45, 2.75) is 226 Å². The lowest BCUT2D eigenvalue weighted by atomic mass is 9.83. The van der Waals surface area contributed by atoms with Gasteiger partial charge >= 0.3 is 5.97 Å². The normalized spacial score (nSPS) is 19.8. The number of nitrogens with one attached hydrogen (secondary N) is 9. The fourth-order valence-electron chi connectivity index (χ4n) is 13.3. The first kappa shape index (κ1) is 104. The predicted molar refractivity (Wildman–Crippen MR) is 446 cm³/mol. The largest absolute Gasteiger partial charge is 0.508 e. The van der Waals surface area contributed by atoms with Crippen LogP contribution in [0.3, 0.4) is 0 Å². The molecule has 2 aromatic carbocycles. The second-order valence-corrected chi connectivity index (χ2v) is 31.8. The zero-order valence-corrected chi connectivity index (χ0v) is 70.4. The van der Waals surface area contributed by atoms with E-state index in [-0.39, 0.29) is 81.6 Å². The molecule has 0 spiro atoms. The van der Waals surface area contributed by atoms with E-state index in [4.69, 9.17) is 34.4 Å². The van der Waals surface area contributed by atoms with Crippen LogP contribution in [0, 0.1) is 53.3 Å². The first-order valence-corrected chi connectivity index (χ1v) is 41.0. The number of Topliss-reactive ketones (excluding diaryl/α,β-unsaturated/α-hetero) is 6. The summed E-state index contributed by atoms with van der Waals surface area (Å²) < 4.78 is 0. The second-order valence-electron chi connectivity index (χ2n) is 31.8. The molecule has 14 atom stereocenters. The van der Waals surface area contributed by atoms with Crippen LogP contribution in [0.4, 0.5) is 0 Å². The molecule has 1 aliphatic heterocycles. The van der Waals surface area contributed by atoms with E-state index in [9.17, 15) is 92.3 Å². The number of carbonyl (C=O) groups excluding carboxylic acids is 16. The van der Waals surface area contributed by atoms with Gasteiger partial charge in [0.05, 0.1) is 74.4 Å². The van der Waals surface area contributed by atoms with Gasteiger partial charge in [-0.2, -0.15) is 0 Å². The summed E-state index contributed by atoms with van der Waals surface area (Å²) in [5.41, 5.74) is 35.6. The van der Waals surface area contributed by atoms with Crippen molar-refractivity contribution in [1.82, 2.24) is 47.9 Å². The molecule has 38 nitrogen and oxygen atoms in total. The van der Waals surface area contributed by atoms with Gasteiger partial charge in [-0.3, -0.25) is 86.7 Å². The van der Waals surface area contributed by atoms with E-state index in [0.29, 0.717) is 17.5 Å². The highest BCUT2D eigenvalue weighted by atomic mass is 16.4. The first-order chi connectivity index (χ1) is 57.1. The zero-order valence-electron chi connectivity index (χ0n) is 70.4. The maximum atomic E-state index is 15.2. The summed E-state index contributed by atoms with van der Waals surface area (Å²) in [5.74, 6) is -24.8. The summed E-state index contributed by atoms with van der Waals surface area (Å²) in [6.07, 6.45) is -3.63. The van der Waals surface area contributed by atoms with Crippen molar-refractivity contribution in [3.63, 3.8) is 0 Å². The summed E-state index contributed by atoms with van der Waals surface area (Å²) in [6, 6.07) is 3.23. The number of guanidine groups is 2. The monoisotopic (exact) mass is 1700 g/mol. The predicted octanol–water partition coefficient (Wildman–Crippen LogP) is -1.45. The standard InChI is InChI=1S/C83H127N17O21/c1-9-48(8)73(100-75(114)52(20-15-31-90-82(86)87)38-67(108)62(33-45(2)3)98-79(118)58(84)34-50-23-25-55(103)26-24-50)68(109)40-57(46(4)5)78(117)97-61(27-29-69(85)110)65(106)37-51-19-13-14-21-59(64(105)28-30-70(111)94-63(81(120)121)35-49-17-11-10-12-18-49)95-76(115)53(43-101)36-56(104)41-92-71(112)42-93-80(119)72(47(6)7)99-77(116)54(44-102)39-66(107)60(96-74(51)113)22-16-32-91-83(88)89/h10-14,17-18,23-26,45-48,51-54,57-63,72-73,101-103H,9,15-16,19-22,27-44,84H2,1-8H3,(H2,85,110)(H,92,112)(H,93,119)(H,94,111)(H,95,115)(H,96,113)(H,97,117)(H,98,118)(H,99,116)(H,100,114)(H,120,121)(H4,86,87,90)(H4,88,89,91)/b14-13+/t48?,51-,52-,53?,54+,57+,58-,59-,60+,61+,62+,63-,72+,73+/m0/s1. The van der Waals surface area contributed by atoms with Gasteiger partial charge in [0, 0.05) is 88.6 Å². The molecular weight excluding hydrogens is 1570 g/mol. The van der Waals surface area contributed by atoms with Gasteiger partial charge in [0.25, 0.3) is 0 Å². The number of phenols is 1. The molecule has 2 unspecified atom stereocenters. The number of aromatic hydroxyl groups is 1. The fourth-order valence-corrected chi connectivity index (χ4v) is 13.3. The van der Waals surface area contributed by atoms with Crippen LogP contribution in [0.15, 0.2) is 76.7 Å². The SMILES string of the molecule is CCC(C)[C@@H](NC(=O)[C@@H](CCCN=C(N)N)CC(=O)[C@@H](CC(C)C)NC(=O)[C@@H](N)Cc1ccc(O)cc1)C(=O)C[C@@H](C(=O)N[C@H](CCC(N)=O)C(=O)C[C@@H]1C/C=C/C[C@@H](C(=O)CCC(=O)N[C@@H](Cc2ccccc2)C(=O)O)NC(=O)C(CO)CC(=O)CNC(=O)CNC(=O)[C@@H](C(C)C)NC(=O)[C@@H](CO)CC(=O)[C@@H](CCCN=C(N)N)NC1=O)C(C)C. The maximum absolute atomic E-state index is 15.2. The quantitative estimate of drug-likeness (QED) is 0.0156. The maximum Gasteiger partial charge on any atom is 0.326 e. The van der Waals surface area contributed by atoms with Crippen molar-refractivity contribution in [3.05, 3.63) is 77.9 Å². The molecule has 0 aromatic heterocycles. The summed E-state index contributed by atoms with van der Waals surface area (Å²) in [7, 11) is 0. The van der Waals surface area contributed by atoms with E-state index in [0.717, 1.165) is 0 Å². The Bertz CT molecular complexity index is 3940. The lowest BCUT2D eigenvalue weighted by Gasteiger charge is -2.29. The van der Waals surface area contributed by atoms with Gasteiger partial charge in [-0.25, -0.2) is 4.79 Å². The average molecular weight is 1700 g/mol. The van der Waals surface area contributed by atoms with Gasteiger partial charge in [-0.15, -0.1) is 0 Å². The molecule has 25 N–H and O–H groups in total. The molecule has 1 aliphatic rings. The molecule has 0 bridgehead atoms. The number of aliphatic hydroxyl groups excluding tert-OH is 2. The highest BCUT2D eigenvalue weighted by Crippen LogP contribution is 2.26. The highest BCUT2D eigenvalue weighted by Gasteiger charge is 2.39. The lowest BCUT2D eigenvalue weighted by Crippen LogP contribution is -2.53. The van der Waals surface area contributed by atoms with E-state index in [1.54, 1.807) is 70.2 Å². The van der Waals surface area contributed by atoms with E-state index in [1.165, 1.54) is 38.1 Å². The lowest BCUT2D eigenvalue weighted by molar-refractivity contribution is -0.142. The Labute approximate surface area is 704 Å². The molecule has 0 saturated carbocycles. The van der Waals surface area contributed by atoms with Crippen molar-refractivity contribution in [3.8, 4) is 5.75 Å². The third-order valence-electron chi connectivity index (χ3n) is 20.7. The third-order valence-corrected chi connectivity index (χ3v) is 20.7. The summed E-state index contributed by atoms with van der Waals surface area (Å²) in [6.45, 7) is 9.91. The molecule has 670 valence electrons. The van der Waals surface area contributed by atoms with Gasteiger partial charge in [-0.05, 0) is 105 Å². The number of benzene rings is 2. The number of carboxylic acid groups (broad SMARTS) is 1. The van der Waals surface area contributed by atoms with E-state index in [2.05, 4.69) is 57.8 Å². The number of phenolic OH excluding ortho intramolecular Hbond substituents is 1. The first-order valence-electron chi connectivity index (χ1n) is 41.0. The molecule has 3 rings (SSSR count). The number of rotatable bonds is 44. The Kier molecular flexibility index (Phi) is 46.3. The van der Waals surface area contributed by atoms with Gasteiger partial charge < -0.3 is 103 Å². The second kappa shape index (κ2) is 54.0. The fraction of sp³-hybridized carbons (Fsp3) is 0.602. The molecule has 10 amide bonds. The van der Waals surface area contributed by atoms with Gasteiger partial charge in [0.2, 0.25) is 59.1 Å². The van der Waals surface area contributed by atoms with Crippen molar-refractivity contribution < 1.29 is 102 Å². The topological polar surface area (TPSA) is 660 Å². The Morgan fingerprint density at radius 1 is 0.579 bits per heavy atom. The number of hydrogen-bond donors (Lipinski definition) is 19. The van der Waals surface area contributed by atoms with Crippen molar-refractivity contribution in [2.24, 2.45) is 97.6 Å². The highest BCUT2D eigenvalue weighted by molar-refractivity contribution is 6.00. The number of allylic oxidation sites excluding steroid dienone is 1. The Hall–Kier alpha value is -11.4. The molecule has 38 heteroatoms. The minimum Gasteiger partial charge on any atom is -0.508 e. The number of primary amides is 1. The number of amides is 10. The van der Waals surface area contributed by atoms with Gasteiger partial charge in [0.1, 0.15) is 17.8 Å². The molecule has 1 heterocycles. The summed E-state index contributed by atoms with van der Waals surface area (Å²) in [5, 5.41) is 63.8. The number of carbonyl (C=O) groups is 17. The van der Waals surface area contributed by atoms with Crippen LogP contribution in [0.5, 0.6) is 5.75 Å². The van der Waals surface area contributed by atoms with Crippen LogP contribution in [-0.4, -0.2) is 220 Å². The number of hydrogen-bond acceptors (Lipinski definition) is 23. The summed E-state index contributed by atoms with van der Waals surface area (Å²) >= 11 is 0. The third kappa shape index (κ3) is 39.1. The Balaban J connectivity index is 2.20. The molecule has 121 heavy (non-hydrogen) atoms. The van der Waals surface area contributed by atoms with Crippen molar-refractivity contribution in [2.75, 3.05) is 39.4 Å². The van der Waals surface area contributed by atoms with E-state index < -0.39 is 292 Å². The number of nitrogens with two attached hydrogens (primary N) is 6. The number of aliphatic imine (C=N–C) groups is 2. The van der Waals surface area contributed by atoms with E-state index in [1.807, 2.05) is 13.8 Å². The number of aliphatic hydroxyl groups is 2.